The molecule has 0 bridgehead atoms. The maximum absolute atomic E-state index is 4.21. The summed E-state index contributed by atoms with van der Waals surface area (Å²) in [5.74, 6) is 0. The van der Waals surface area contributed by atoms with Crippen molar-refractivity contribution in [1.82, 2.24) is 0 Å². The Morgan fingerprint density at radius 2 is 0.417 bits per heavy atom. The molecule has 0 aromatic rings. The highest BCUT2D eigenvalue weighted by Crippen LogP contribution is 3.41. The first-order valence-corrected chi connectivity index (χ1v) is 72.3. The van der Waals surface area contributed by atoms with Gasteiger partial charge in [0.2, 0.25) is 0 Å². The number of rotatable bonds is 16. The topological polar surface area (TPSA) is 0 Å². The van der Waals surface area contributed by atoms with Gasteiger partial charge in [0.15, 0.2) is 0 Å². The van der Waals surface area contributed by atoms with Crippen LogP contribution in [0.3, 0.4) is 0 Å². The zero-order valence-corrected chi connectivity index (χ0v) is 55.3. The van der Waals surface area contributed by atoms with Gasteiger partial charge in [0.25, 0.3) is 0 Å². The van der Waals surface area contributed by atoms with Crippen molar-refractivity contribution < 1.29 is 0 Å². The van der Waals surface area contributed by atoms with Crippen molar-refractivity contribution in [3.63, 3.8) is 0 Å². The molecule has 216 valence electrons. The fraction of sp³-hybridized carbons (Fsp3) is 0. The second-order valence-corrected chi connectivity index (χ2v) is 150. The molecule has 0 amide bonds. The summed E-state index contributed by atoms with van der Waals surface area (Å²) >= 11 is 0. The lowest BCUT2D eigenvalue weighted by Gasteiger charge is -2.54. The van der Waals surface area contributed by atoms with Crippen LogP contribution in [-0.2, 0) is 0 Å². The molecule has 36 heteroatoms. The molecule has 36 heavy (non-hydrogen) atoms. The van der Waals surface area contributed by atoms with E-state index in [1.165, 1.54) is 0 Å². The highest BCUT2D eigenvalue weighted by molar-refractivity contribution is 9.47. The molecule has 0 N–H and O–H groups in total. The second kappa shape index (κ2) is 28.0. The van der Waals surface area contributed by atoms with Crippen LogP contribution in [0.25, 0.3) is 0 Å². The molecule has 0 rings (SSSR count). The summed E-state index contributed by atoms with van der Waals surface area (Å²) in [4.78, 5) is 0. The van der Waals surface area contributed by atoms with E-state index in [1.807, 2.05) is 0 Å². The third-order valence-corrected chi connectivity index (χ3v) is 243. The maximum Gasteiger partial charge on any atom is -0.000220 e. The monoisotopic (exact) mass is 1150 g/mol. The molecule has 0 aliphatic carbocycles. The van der Waals surface area contributed by atoms with Crippen LogP contribution in [0.15, 0.2) is 0 Å². The van der Waals surface area contributed by atoms with Crippen LogP contribution in [0.4, 0.5) is 0 Å². The predicted molar refractivity (Wildman–Crippen MR) is 299 cm³/mol. The van der Waals surface area contributed by atoms with Gasteiger partial charge in [-0.25, -0.2) is 0 Å². The summed E-state index contributed by atoms with van der Waals surface area (Å²) in [6.07, 6.45) is 0. The Balaban J connectivity index is 7.84. The molecule has 0 fully saturated rings. The number of hydrogen-bond acceptors (Lipinski definition) is 0. The van der Waals surface area contributed by atoms with Crippen LogP contribution in [0, 0.1) is 0 Å². The molecule has 0 spiro atoms. The normalized spacial score (nSPS) is 16.6. The Morgan fingerprint density at radius 3 is 0.583 bits per heavy atom. The average molecular weight is 1150 g/mol. The molecule has 0 saturated heterocycles. The van der Waals surface area contributed by atoms with E-state index in [-0.39, 0.29) is 119 Å². The van der Waals surface area contributed by atoms with Crippen LogP contribution >= 0.6 is 288 Å². The van der Waals surface area contributed by atoms with E-state index in [0.29, 0.717) is 0 Å². The molecule has 2 radical (unpaired) electrons. The third-order valence-electron chi connectivity index (χ3n) is 3.00. The van der Waals surface area contributed by atoms with E-state index in [0.717, 1.165) is 0 Å². The standard InChI is InChI=1S/H36P36/c1-20(2)29(19)34(30(21(3)4)22(5)6)36(33(27(15)16)28(17)18)35(31(23(7)8)24(9)10)32(25(11)12)26(13)14/h1-2H,3-19H2. The average Bonchev–Trinajstić information content (AvgIpc) is 2.66. The Kier molecular flexibility index (Phi) is 40.0. The third kappa shape index (κ3) is 18.4. The molecular formula is H36P36. The first kappa shape index (κ1) is 51.5. The largest absolute Gasteiger partial charge is 0.102 e. The Hall–Kier alpha value is 15.5. The fourth-order valence-corrected chi connectivity index (χ4v) is 476. The zero-order valence-electron chi connectivity index (χ0n) is 18.4. The van der Waals surface area contributed by atoms with Crippen molar-refractivity contribution in [2.45, 2.75) is 0 Å². The van der Waals surface area contributed by atoms with Crippen molar-refractivity contribution in [1.29, 1.82) is 0 Å². The minimum absolute atomic E-state index is 0.0343. The zero-order chi connectivity index (χ0) is 28.8. The van der Waals surface area contributed by atoms with E-state index in [9.17, 15) is 0 Å². The minimum Gasteiger partial charge on any atom is -0.102 e. The SMILES string of the molecule is [PH]P([PH])P(P)P(P(P(P)P)P(P)P)P(P(P(P)P)P(P)P)P(P(P(P)P)P(P)P)P(P(P)P)P(P)P. The van der Waals surface area contributed by atoms with Gasteiger partial charge in [-0.05, 0) is 119 Å². The van der Waals surface area contributed by atoms with Gasteiger partial charge >= 0.3 is 0 Å². The highest BCUT2D eigenvalue weighted by atomic mass is 33.5. The van der Waals surface area contributed by atoms with E-state index in [1.54, 1.807) is 0 Å². The molecule has 0 nitrogen and oxygen atoms in total. The van der Waals surface area contributed by atoms with Crippen molar-refractivity contribution in [3.8, 4) is 0 Å². The summed E-state index contributed by atoms with van der Waals surface area (Å²) in [7, 11) is 65.2. The van der Waals surface area contributed by atoms with Gasteiger partial charge in [-0.3, -0.25) is 0 Å². The molecular weight excluding hydrogens is 1120 g/mol. The lowest BCUT2D eigenvalue weighted by Crippen LogP contribution is -1.66. The first-order chi connectivity index (χ1) is 16.3. The molecule has 20 atom stereocenters. The van der Waals surface area contributed by atoms with Crippen LogP contribution in [0.2, 0.25) is 0 Å². The summed E-state index contributed by atoms with van der Waals surface area (Å²) in [5, 5.41) is 0. The lowest BCUT2D eigenvalue weighted by molar-refractivity contribution is 4.39. The summed E-state index contributed by atoms with van der Waals surface area (Å²) in [5.41, 5.74) is 0. The Morgan fingerprint density at radius 1 is 0.250 bits per heavy atom. The molecule has 0 aromatic carbocycles. The highest BCUT2D eigenvalue weighted by Gasteiger charge is 2.53. The molecule has 0 heterocycles. The maximum atomic E-state index is 4.21. The van der Waals surface area contributed by atoms with Gasteiger partial charge in [-0.2, -0.15) is 0 Å². The Labute approximate surface area is 284 Å². The second-order valence-electron chi connectivity index (χ2n) is 5.55. The van der Waals surface area contributed by atoms with E-state index in [2.05, 4.69) is 170 Å². The molecule has 0 aliphatic rings. The van der Waals surface area contributed by atoms with Gasteiger partial charge in [0.1, 0.15) is 0 Å². The smallest absolute Gasteiger partial charge is 0.000220 e. The fourth-order valence-electron chi connectivity index (χ4n) is 1.96. The summed E-state index contributed by atoms with van der Waals surface area (Å²) in [6, 6.07) is 0. The lowest BCUT2D eigenvalue weighted by atomic mass is 28.4. The van der Waals surface area contributed by atoms with E-state index in [4.69, 9.17) is 0 Å². The molecule has 0 saturated carbocycles. The van der Waals surface area contributed by atoms with Crippen LogP contribution < -0.4 is 0 Å². The molecule has 0 aliphatic heterocycles. The number of hydrogen-bond donors (Lipinski definition) is 0. The van der Waals surface area contributed by atoms with Gasteiger partial charge in [0.05, 0.1) is 0 Å². The van der Waals surface area contributed by atoms with Crippen molar-refractivity contribution in [3.05, 3.63) is 0 Å². The van der Waals surface area contributed by atoms with Gasteiger partial charge in [0, 0.05) is 0 Å². The molecule has 0 aromatic heterocycles. The van der Waals surface area contributed by atoms with Crippen molar-refractivity contribution >= 4 is 288 Å². The van der Waals surface area contributed by atoms with Crippen molar-refractivity contribution in [2.24, 2.45) is 0 Å². The summed E-state index contributed by atoms with van der Waals surface area (Å²) < 4.78 is 0. The van der Waals surface area contributed by atoms with E-state index < -0.39 is 0 Å². The predicted octanol–water partition coefficient (Wildman–Crippen LogP) is 21.4. The van der Waals surface area contributed by atoms with Crippen molar-refractivity contribution in [2.75, 3.05) is 0 Å². The van der Waals surface area contributed by atoms with E-state index >= 15 is 0 Å². The van der Waals surface area contributed by atoms with Gasteiger partial charge in [-0.15, -0.1) is 152 Å². The minimum atomic E-state index is -0.318. The van der Waals surface area contributed by atoms with Crippen LogP contribution in [-0.4, -0.2) is 0 Å². The van der Waals surface area contributed by atoms with Crippen LogP contribution in [0.5, 0.6) is 0 Å². The Bertz CT molecular complexity index is 509. The van der Waals surface area contributed by atoms with Gasteiger partial charge in [-0.1, -0.05) is 17.9 Å². The van der Waals surface area contributed by atoms with Gasteiger partial charge < -0.3 is 0 Å². The van der Waals surface area contributed by atoms with Crippen LogP contribution in [0.1, 0.15) is 0 Å². The first-order valence-electron chi connectivity index (χ1n) is 8.04. The molecule has 20 unspecified atom stereocenters. The summed E-state index contributed by atoms with van der Waals surface area (Å²) in [6.45, 7) is -1.77. The quantitative estimate of drug-likeness (QED) is 0.135.